The number of ether oxygens (including phenoxy) is 2. The molecule has 2 aliphatic rings. The van der Waals surface area contributed by atoms with Crippen molar-refractivity contribution >= 4 is 17.8 Å². The highest BCUT2D eigenvalue weighted by molar-refractivity contribution is 6.03. The zero-order valence-corrected chi connectivity index (χ0v) is 16.1. The fourth-order valence-electron chi connectivity index (χ4n) is 3.87. The summed E-state index contributed by atoms with van der Waals surface area (Å²) >= 11 is 0. The molecule has 2 aromatic rings. The first kappa shape index (κ1) is 18.8. The number of amides is 1. The molecule has 29 heavy (non-hydrogen) atoms. The number of rotatable bonds is 3. The van der Waals surface area contributed by atoms with Gasteiger partial charge in [-0.05, 0) is 29.8 Å². The number of hydrogen-bond donors (Lipinski definition) is 0. The van der Waals surface area contributed by atoms with Gasteiger partial charge < -0.3 is 14.4 Å². The minimum absolute atomic E-state index is 0.0280. The Bertz CT molecular complexity index is 1040. The van der Waals surface area contributed by atoms with Crippen LogP contribution in [-0.2, 0) is 4.79 Å². The van der Waals surface area contributed by atoms with Crippen LogP contribution in [0.2, 0.25) is 0 Å². The van der Waals surface area contributed by atoms with Crippen molar-refractivity contribution in [1.82, 2.24) is 4.90 Å². The molecule has 0 saturated carbocycles. The lowest BCUT2D eigenvalue weighted by Crippen LogP contribution is -2.45. The van der Waals surface area contributed by atoms with Crippen LogP contribution in [0.3, 0.4) is 0 Å². The number of ketones is 1. The smallest absolute Gasteiger partial charge is 0.264 e. The number of fused-ring (bicyclic) bond motifs is 1. The molecule has 0 aliphatic carbocycles. The first-order chi connectivity index (χ1) is 14.0. The van der Waals surface area contributed by atoms with Gasteiger partial charge in [0.25, 0.3) is 5.91 Å². The van der Waals surface area contributed by atoms with Gasteiger partial charge in [-0.3, -0.25) is 9.59 Å². The van der Waals surface area contributed by atoms with Crippen molar-refractivity contribution in [3.8, 4) is 17.6 Å². The molecule has 2 aliphatic heterocycles. The third-order valence-electron chi connectivity index (χ3n) is 5.36. The number of methoxy groups -OCH3 is 1. The SMILES string of the molecule is COc1ccc2c(c1)C(=O)CC1(CCN(C(=O)/C(C#N)=C/c3ccccc3)C1)O2. The molecule has 2 heterocycles. The summed E-state index contributed by atoms with van der Waals surface area (Å²) in [6.45, 7) is 0.711. The Hall–Kier alpha value is -3.59. The summed E-state index contributed by atoms with van der Waals surface area (Å²) in [5.74, 6) is 0.742. The minimum atomic E-state index is -0.748. The Labute approximate surface area is 169 Å². The van der Waals surface area contributed by atoms with Crippen molar-refractivity contribution in [3.63, 3.8) is 0 Å². The molecule has 1 atom stereocenters. The van der Waals surface area contributed by atoms with Crippen LogP contribution >= 0.6 is 0 Å². The summed E-state index contributed by atoms with van der Waals surface area (Å²) in [5, 5.41) is 9.48. The number of nitriles is 1. The Morgan fingerprint density at radius 2 is 2.07 bits per heavy atom. The summed E-state index contributed by atoms with van der Waals surface area (Å²) in [4.78, 5) is 27.2. The van der Waals surface area contributed by atoms with Crippen LogP contribution in [0.5, 0.6) is 11.5 Å². The van der Waals surface area contributed by atoms with E-state index in [0.717, 1.165) is 5.56 Å². The maximum absolute atomic E-state index is 12.9. The molecule has 6 heteroatoms. The van der Waals surface area contributed by atoms with Gasteiger partial charge in [0, 0.05) is 13.0 Å². The van der Waals surface area contributed by atoms with Crippen LogP contribution in [0, 0.1) is 11.3 Å². The van der Waals surface area contributed by atoms with Gasteiger partial charge in [0.2, 0.25) is 0 Å². The van der Waals surface area contributed by atoms with E-state index in [-0.39, 0.29) is 30.2 Å². The first-order valence-corrected chi connectivity index (χ1v) is 9.40. The maximum Gasteiger partial charge on any atom is 0.264 e. The molecule has 0 bridgehead atoms. The van der Waals surface area contributed by atoms with Crippen molar-refractivity contribution < 1.29 is 19.1 Å². The zero-order valence-electron chi connectivity index (χ0n) is 16.1. The molecule has 2 aromatic carbocycles. The lowest BCUT2D eigenvalue weighted by molar-refractivity contribution is -0.126. The molecule has 146 valence electrons. The molecule has 6 nitrogen and oxygen atoms in total. The van der Waals surface area contributed by atoms with Crippen molar-refractivity contribution in [3.05, 3.63) is 65.2 Å². The van der Waals surface area contributed by atoms with E-state index in [1.807, 2.05) is 36.4 Å². The number of hydrogen-bond acceptors (Lipinski definition) is 5. The largest absolute Gasteiger partial charge is 0.497 e. The highest BCUT2D eigenvalue weighted by Gasteiger charge is 2.47. The molecular weight excluding hydrogens is 368 g/mol. The van der Waals surface area contributed by atoms with E-state index in [9.17, 15) is 14.9 Å². The van der Waals surface area contributed by atoms with Gasteiger partial charge >= 0.3 is 0 Å². The second kappa shape index (κ2) is 7.44. The number of Topliss-reactive ketones (excluding diaryl/α,β-unsaturated/α-hetero) is 1. The van der Waals surface area contributed by atoms with E-state index in [2.05, 4.69) is 0 Å². The summed E-state index contributed by atoms with van der Waals surface area (Å²) in [5.41, 5.74) is 0.613. The normalized spacial score (nSPS) is 20.8. The average Bonchev–Trinajstić information content (AvgIpc) is 3.15. The second-order valence-corrected chi connectivity index (χ2v) is 7.30. The fraction of sp³-hybridized carbons (Fsp3) is 0.261. The Balaban J connectivity index is 1.54. The topological polar surface area (TPSA) is 79.6 Å². The van der Waals surface area contributed by atoms with Gasteiger partial charge in [-0.1, -0.05) is 30.3 Å². The predicted molar refractivity (Wildman–Crippen MR) is 107 cm³/mol. The summed E-state index contributed by atoms with van der Waals surface area (Å²) in [7, 11) is 1.55. The number of benzene rings is 2. The van der Waals surface area contributed by atoms with E-state index in [0.29, 0.717) is 30.0 Å². The van der Waals surface area contributed by atoms with Gasteiger partial charge in [0.1, 0.15) is 28.7 Å². The number of carbonyl (C=O) groups excluding carboxylic acids is 2. The Morgan fingerprint density at radius 1 is 1.28 bits per heavy atom. The molecule has 1 amide bonds. The van der Waals surface area contributed by atoms with E-state index in [1.54, 1.807) is 36.3 Å². The predicted octanol–water partition coefficient (Wildman–Crippen LogP) is 3.24. The van der Waals surface area contributed by atoms with E-state index < -0.39 is 5.60 Å². The number of likely N-dealkylation sites (tertiary alicyclic amines) is 1. The molecule has 0 aromatic heterocycles. The third kappa shape index (κ3) is 3.59. The highest BCUT2D eigenvalue weighted by Crippen LogP contribution is 2.40. The molecule has 1 spiro atoms. The molecule has 4 rings (SSSR count). The fourth-order valence-corrected chi connectivity index (χ4v) is 3.87. The van der Waals surface area contributed by atoms with Gasteiger partial charge in [0.05, 0.1) is 25.6 Å². The van der Waals surface area contributed by atoms with E-state index >= 15 is 0 Å². The minimum Gasteiger partial charge on any atom is -0.497 e. The van der Waals surface area contributed by atoms with Gasteiger partial charge in [-0.15, -0.1) is 0 Å². The molecule has 1 fully saturated rings. The quantitative estimate of drug-likeness (QED) is 0.596. The number of carbonyl (C=O) groups is 2. The van der Waals surface area contributed by atoms with E-state index in [4.69, 9.17) is 9.47 Å². The van der Waals surface area contributed by atoms with Crippen molar-refractivity contribution in [1.29, 1.82) is 5.26 Å². The zero-order chi connectivity index (χ0) is 20.4. The number of nitrogens with zero attached hydrogens (tertiary/aromatic N) is 2. The Kier molecular flexibility index (Phi) is 4.81. The third-order valence-corrected chi connectivity index (χ3v) is 5.36. The summed E-state index contributed by atoms with van der Waals surface area (Å²) in [6, 6.07) is 16.4. The van der Waals surface area contributed by atoms with Crippen molar-refractivity contribution in [2.75, 3.05) is 20.2 Å². The van der Waals surface area contributed by atoms with Gasteiger partial charge in [-0.25, -0.2) is 0 Å². The lowest BCUT2D eigenvalue weighted by atomic mass is 9.89. The molecule has 1 unspecified atom stereocenters. The van der Waals surface area contributed by atoms with Crippen molar-refractivity contribution in [2.45, 2.75) is 18.4 Å². The monoisotopic (exact) mass is 388 g/mol. The van der Waals surface area contributed by atoms with Crippen LogP contribution in [0.4, 0.5) is 0 Å². The molecule has 0 radical (unpaired) electrons. The van der Waals surface area contributed by atoms with Crippen LogP contribution in [0.15, 0.2) is 54.1 Å². The van der Waals surface area contributed by atoms with Crippen LogP contribution in [0.25, 0.3) is 6.08 Å². The van der Waals surface area contributed by atoms with E-state index in [1.165, 1.54) is 0 Å². The summed E-state index contributed by atoms with van der Waals surface area (Å²) in [6.07, 6.45) is 2.32. The maximum atomic E-state index is 12.9. The second-order valence-electron chi connectivity index (χ2n) is 7.30. The summed E-state index contributed by atoms with van der Waals surface area (Å²) < 4.78 is 11.4. The average molecular weight is 388 g/mol. The van der Waals surface area contributed by atoms with Crippen LogP contribution < -0.4 is 9.47 Å². The van der Waals surface area contributed by atoms with Crippen LogP contribution in [-0.4, -0.2) is 42.4 Å². The highest BCUT2D eigenvalue weighted by atomic mass is 16.5. The van der Waals surface area contributed by atoms with Crippen LogP contribution in [0.1, 0.15) is 28.8 Å². The lowest BCUT2D eigenvalue weighted by Gasteiger charge is -2.34. The molecular formula is C23H20N2O4. The van der Waals surface area contributed by atoms with Gasteiger partial charge in [-0.2, -0.15) is 5.26 Å². The first-order valence-electron chi connectivity index (χ1n) is 9.40. The molecule has 1 saturated heterocycles. The van der Waals surface area contributed by atoms with Gasteiger partial charge in [0.15, 0.2) is 5.78 Å². The standard InChI is InChI=1S/C23H20N2O4/c1-28-18-7-8-21-19(12-18)20(26)13-23(29-21)9-10-25(15-23)22(27)17(14-24)11-16-5-3-2-4-6-16/h2-8,11-12H,9-10,13,15H2,1H3/b17-11+. The molecule has 0 N–H and O–H groups in total. The Morgan fingerprint density at radius 3 is 2.79 bits per heavy atom. The van der Waals surface area contributed by atoms with Crippen molar-refractivity contribution in [2.24, 2.45) is 0 Å².